The molecule has 0 fully saturated rings. The normalized spacial score (nSPS) is 10.4. The fraction of sp³-hybridized carbons (Fsp3) is 0.308. The molecule has 96 valence electrons. The van der Waals surface area contributed by atoms with E-state index in [2.05, 4.69) is 5.10 Å². The molecule has 0 spiro atoms. The van der Waals surface area contributed by atoms with E-state index >= 15 is 0 Å². The van der Waals surface area contributed by atoms with Crippen molar-refractivity contribution in [3.8, 4) is 11.6 Å². The Bertz CT molecular complexity index is 525. The molecule has 0 unspecified atom stereocenters. The van der Waals surface area contributed by atoms with Crippen molar-refractivity contribution in [2.24, 2.45) is 7.05 Å². The Morgan fingerprint density at radius 3 is 2.78 bits per heavy atom. The highest BCUT2D eigenvalue weighted by Crippen LogP contribution is 2.27. The standard InChI is InChI=1S/C13H15ClN2O2/c1-3-17-12-6-4-5-11(14)10(12)9-18-13-7-8-16(2)15-13/h4-8H,3,9H2,1-2H3. The number of benzene rings is 1. The first-order chi connectivity index (χ1) is 8.70. The summed E-state index contributed by atoms with van der Waals surface area (Å²) in [6, 6.07) is 7.36. The van der Waals surface area contributed by atoms with Gasteiger partial charge < -0.3 is 9.47 Å². The van der Waals surface area contributed by atoms with Crippen molar-refractivity contribution in [2.45, 2.75) is 13.5 Å². The Kier molecular flexibility index (Phi) is 4.10. The van der Waals surface area contributed by atoms with Gasteiger partial charge in [0.25, 0.3) is 0 Å². The molecule has 1 aromatic heterocycles. The minimum atomic E-state index is 0.339. The number of ether oxygens (including phenoxy) is 2. The number of halogens is 1. The highest BCUT2D eigenvalue weighted by molar-refractivity contribution is 6.31. The Morgan fingerprint density at radius 2 is 2.11 bits per heavy atom. The molecule has 2 aromatic rings. The van der Waals surface area contributed by atoms with Crippen LogP contribution < -0.4 is 9.47 Å². The van der Waals surface area contributed by atoms with Crippen LogP contribution in [0.25, 0.3) is 0 Å². The molecule has 0 aliphatic carbocycles. The van der Waals surface area contributed by atoms with Crippen LogP contribution in [0.1, 0.15) is 12.5 Å². The molecule has 0 atom stereocenters. The lowest BCUT2D eigenvalue weighted by Crippen LogP contribution is -2.02. The predicted octanol–water partition coefficient (Wildman–Crippen LogP) is 3.05. The van der Waals surface area contributed by atoms with Crippen LogP contribution in [0.3, 0.4) is 0 Å². The Labute approximate surface area is 111 Å². The number of hydrogen-bond acceptors (Lipinski definition) is 3. The quantitative estimate of drug-likeness (QED) is 0.835. The smallest absolute Gasteiger partial charge is 0.233 e. The van der Waals surface area contributed by atoms with E-state index in [4.69, 9.17) is 21.1 Å². The minimum absolute atomic E-state index is 0.339. The molecule has 0 aliphatic heterocycles. The fourth-order valence-corrected chi connectivity index (χ4v) is 1.81. The molecule has 4 nitrogen and oxygen atoms in total. The maximum absolute atomic E-state index is 6.15. The first kappa shape index (κ1) is 12.8. The maximum Gasteiger partial charge on any atom is 0.233 e. The van der Waals surface area contributed by atoms with Crippen molar-refractivity contribution in [1.82, 2.24) is 9.78 Å². The van der Waals surface area contributed by atoms with Gasteiger partial charge in [-0.1, -0.05) is 17.7 Å². The summed E-state index contributed by atoms with van der Waals surface area (Å²) in [4.78, 5) is 0. The molecule has 0 aliphatic rings. The molecule has 0 saturated heterocycles. The molecule has 0 N–H and O–H groups in total. The fourth-order valence-electron chi connectivity index (χ4n) is 1.59. The van der Waals surface area contributed by atoms with Gasteiger partial charge in [-0.25, -0.2) is 0 Å². The number of hydrogen-bond donors (Lipinski definition) is 0. The zero-order valence-corrected chi connectivity index (χ0v) is 11.1. The van der Waals surface area contributed by atoms with Crippen LogP contribution >= 0.6 is 11.6 Å². The summed E-state index contributed by atoms with van der Waals surface area (Å²) < 4.78 is 12.8. The van der Waals surface area contributed by atoms with Gasteiger partial charge in [-0.2, -0.15) is 0 Å². The van der Waals surface area contributed by atoms with Gasteiger partial charge >= 0.3 is 0 Å². The van der Waals surface area contributed by atoms with Gasteiger partial charge in [0.2, 0.25) is 5.88 Å². The number of rotatable bonds is 5. The molecule has 0 saturated carbocycles. The molecule has 0 bridgehead atoms. The first-order valence-corrected chi connectivity index (χ1v) is 6.11. The summed E-state index contributed by atoms with van der Waals surface area (Å²) in [5, 5.41) is 4.78. The molecule has 2 rings (SSSR count). The lowest BCUT2D eigenvalue weighted by atomic mass is 10.2. The Morgan fingerprint density at radius 1 is 1.28 bits per heavy atom. The number of nitrogens with zero attached hydrogens (tertiary/aromatic N) is 2. The van der Waals surface area contributed by atoms with Crippen LogP contribution in [-0.4, -0.2) is 16.4 Å². The average Bonchev–Trinajstić information content (AvgIpc) is 2.75. The molecule has 18 heavy (non-hydrogen) atoms. The van der Waals surface area contributed by atoms with Gasteiger partial charge in [-0.15, -0.1) is 5.10 Å². The van der Waals surface area contributed by atoms with Gasteiger partial charge in [0.15, 0.2) is 0 Å². The summed E-state index contributed by atoms with van der Waals surface area (Å²) in [5.41, 5.74) is 0.840. The van der Waals surface area contributed by atoms with Crippen molar-refractivity contribution < 1.29 is 9.47 Å². The second-order valence-electron chi connectivity index (χ2n) is 3.77. The molecular weight excluding hydrogens is 252 g/mol. The van der Waals surface area contributed by atoms with Crippen molar-refractivity contribution in [1.29, 1.82) is 0 Å². The molecule has 0 amide bonds. The summed E-state index contributed by atoms with van der Waals surface area (Å²) >= 11 is 6.15. The SMILES string of the molecule is CCOc1cccc(Cl)c1COc1ccn(C)n1. The van der Waals surface area contributed by atoms with Gasteiger partial charge in [-0.3, -0.25) is 4.68 Å². The average molecular weight is 267 g/mol. The van der Waals surface area contributed by atoms with Crippen molar-refractivity contribution >= 4 is 11.6 Å². The number of aryl methyl sites for hydroxylation is 1. The third-order valence-electron chi connectivity index (χ3n) is 2.43. The van der Waals surface area contributed by atoms with E-state index in [1.807, 2.05) is 38.4 Å². The van der Waals surface area contributed by atoms with Crippen LogP contribution in [-0.2, 0) is 13.7 Å². The summed E-state index contributed by atoms with van der Waals surface area (Å²) in [7, 11) is 1.84. The summed E-state index contributed by atoms with van der Waals surface area (Å²) in [5.74, 6) is 1.32. The van der Waals surface area contributed by atoms with E-state index in [0.717, 1.165) is 11.3 Å². The van der Waals surface area contributed by atoms with Gasteiger partial charge in [0.05, 0.1) is 17.2 Å². The first-order valence-electron chi connectivity index (χ1n) is 5.73. The van der Waals surface area contributed by atoms with E-state index in [1.165, 1.54) is 0 Å². The number of aromatic nitrogens is 2. The zero-order valence-electron chi connectivity index (χ0n) is 10.4. The second kappa shape index (κ2) is 5.78. The van der Waals surface area contributed by atoms with Crippen LogP contribution in [0.4, 0.5) is 0 Å². The van der Waals surface area contributed by atoms with Crippen LogP contribution in [0, 0.1) is 0 Å². The highest BCUT2D eigenvalue weighted by atomic mass is 35.5. The summed E-state index contributed by atoms with van der Waals surface area (Å²) in [6.45, 7) is 2.87. The van der Waals surface area contributed by atoms with E-state index < -0.39 is 0 Å². The largest absolute Gasteiger partial charge is 0.493 e. The van der Waals surface area contributed by atoms with E-state index in [0.29, 0.717) is 24.1 Å². The van der Waals surface area contributed by atoms with E-state index in [-0.39, 0.29) is 0 Å². The van der Waals surface area contributed by atoms with Crippen LogP contribution in [0.15, 0.2) is 30.5 Å². The topological polar surface area (TPSA) is 36.3 Å². The Hall–Kier alpha value is -1.68. The van der Waals surface area contributed by atoms with Crippen molar-refractivity contribution in [3.63, 3.8) is 0 Å². The molecule has 5 heteroatoms. The van der Waals surface area contributed by atoms with Crippen molar-refractivity contribution in [3.05, 3.63) is 41.0 Å². The molecular formula is C13H15ClN2O2. The Balaban J connectivity index is 2.12. The van der Waals surface area contributed by atoms with Gasteiger partial charge in [0.1, 0.15) is 12.4 Å². The zero-order chi connectivity index (χ0) is 13.0. The van der Waals surface area contributed by atoms with E-state index in [9.17, 15) is 0 Å². The molecule has 1 heterocycles. The lowest BCUT2D eigenvalue weighted by Gasteiger charge is -2.11. The summed E-state index contributed by atoms with van der Waals surface area (Å²) in [6.07, 6.45) is 1.82. The van der Waals surface area contributed by atoms with Gasteiger partial charge in [-0.05, 0) is 19.1 Å². The van der Waals surface area contributed by atoms with Crippen molar-refractivity contribution in [2.75, 3.05) is 6.61 Å². The lowest BCUT2D eigenvalue weighted by molar-refractivity contribution is 0.275. The highest BCUT2D eigenvalue weighted by Gasteiger charge is 2.09. The second-order valence-corrected chi connectivity index (χ2v) is 4.17. The van der Waals surface area contributed by atoms with Crippen LogP contribution in [0.2, 0.25) is 5.02 Å². The minimum Gasteiger partial charge on any atom is -0.493 e. The molecule has 1 aromatic carbocycles. The van der Waals surface area contributed by atoms with Crippen LogP contribution in [0.5, 0.6) is 11.6 Å². The maximum atomic E-state index is 6.15. The third-order valence-corrected chi connectivity index (χ3v) is 2.78. The predicted molar refractivity (Wildman–Crippen MR) is 70.2 cm³/mol. The van der Waals surface area contributed by atoms with Gasteiger partial charge in [0, 0.05) is 19.3 Å². The van der Waals surface area contributed by atoms with E-state index in [1.54, 1.807) is 10.7 Å². The third kappa shape index (κ3) is 2.96. The molecule has 0 radical (unpaired) electrons. The monoisotopic (exact) mass is 266 g/mol.